The van der Waals surface area contributed by atoms with E-state index in [2.05, 4.69) is 34.2 Å². The van der Waals surface area contributed by atoms with Crippen LogP contribution in [-0.2, 0) is 6.54 Å². The molecule has 0 atom stereocenters. The molecule has 0 fully saturated rings. The van der Waals surface area contributed by atoms with E-state index in [0.29, 0.717) is 6.61 Å². The second-order valence-electron chi connectivity index (χ2n) is 4.41. The van der Waals surface area contributed by atoms with Gasteiger partial charge in [0.1, 0.15) is 0 Å². The second kappa shape index (κ2) is 11.2. The largest absolute Gasteiger partial charge is 0.493 e. The van der Waals surface area contributed by atoms with E-state index in [-0.39, 0.29) is 12.4 Å². The Hall–Kier alpha value is -0.450. The highest BCUT2D eigenvalue weighted by Crippen LogP contribution is 2.34. The molecule has 1 N–H and O–H groups in total. The highest BCUT2D eigenvalue weighted by atomic mass is 79.9. The first-order chi connectivity index (χ1) is 9.22. The molecule has 1 aromatic carbocycles. The fraction of sp³-hybridized carbons (Fsp3) is 0.600. The third-order valence-electron chi connectivity index (χ3n) is 2.88. The minimum absolute atomic E-state index is 0. The summed E-state index contributed by atoms with van der Waals surface area (Å²) in [5, 5.41) is 3.46. The van der Waals surface area contributed by atoms with Crippen LogP contribution in [0.1, 0.15) is 38.7 Å². The van der Waals surface area contributed by atoms with Crippen molar-refractivity contribution in [3.63, 3.8) is 0 Å². The van der Waals surface area contributed by atoms with Crippen LogP contribution in [0.5, 0.6) is 11.5 Å². The minimum atomic E-state index is 0. The number of nitrogens with one attached hydrogen (secondary N) is 1. The summed E-state index contributed by atoms with van der Waals surface area (Å²) in [6.45, 7) is 6.68. The first-order valence-electron chi connectivity index (χ1n) is 6.92. The highest BCUT2D eigenvalue weighted by molar-refractivity contribution is 9.10. The fourth-order valence-electron chi connectivity index (χ4n) is 1.94. The fourth-order valence-corrected chi connectivity index (χ4v) is 2.42. The molecule has 20 heavy (non-hydrogen) atoms. The van der Waals surface area contributed by atoms with Gasteiger partial charge < -0.3 is 14.8 Å². The SMILES string of the molecule is CCCCCNCc1cc(Br)cc(OC)c1OCC.Cl. The molecule has 0 aliphatic rings. The van der Waals surface area contributed by atoms with Gasteiger partial charge in [-0.05, 0) is 32.0 Å². The predicted octanol–water partition coefficient (Wildman–Crippen LogP) is 4.56. The Bertz CT molecular complexity index is 388. The Kier molecular flexibility index (Phi) is 11.0. The molecule has 0 aromatic heterocycles. The first kappa shape index (κ1) is 19.6. The Labute approximate surface area is 137 Å². The standard InChI is InChI=1S/C15H24BrNO2.ClH/c1-4-6-7-8-17-11-12-9-13(16)10-14(18-3)15(12)19-5-2;/h9-10,17H,4-8,11H2,1-3H3;1H. The molecular formula is C15H25BrClNO2. The van der Waals surface area contributed by atoms with Gasteiger partial charge in [-0.15, -0.1) is 12.4 Å². The lowest BCUT2D eigenvalue weighted by Gasteiger charge is -2.15. The van der Waals surface area contributed by atoms with Gasteiger partial charge in [0.05, 0.1) is 13.7 Å². The van der Waals surface area contributed by atoms with Crippen LogP contribution in [0.15, 0.2) is 16.6 Å². The molecule has 3 nitrogen and oxygen atoms in total. The zero-order valence-corrected chi connectivity index (χ0v) is 14.9. The molecule has 0 aliphatic heterocycles. The predicted molar refractivity (Wildman–Crippen MR) is 90.3 cm³/mol. The lowest BCUT2D eigenvalue weighted by molar-refractivity contribution is 0.306. The third kappa shape index (κ3) is 6.33. The molecule has 0 aliphatic carbocycles. The molecule has 0 radical (unpaired) electrons. The van der Waals surface area contributed by atoms with Crippen LogP contribution in [0, 0.1) is 0 Å². The van der Waals surface area contributed by atoms with E-state index in [9.17, 15) is 0 Å². The van der Waals surface area contributed by atoms with Crippen LogP contribution in [0.4, 0.5) is 0 Å². The topological polar surface area (TPSA) is 30.5 Å². The molecule has 5 heteroatoms. The van der Waals surface area contributed by atoms with Gasteiger partial charge in [-0.3, -0.25) is 0 Å². The van der Waals surface area contributed by atoms with E-state index >= 15 is 0 Å². The average molecular weight is 367 g/mol. The number of rotatable bonds is 9. The number of methoxy groups -OCH3 is 1. The van der Waals surface area contributed by atoms with Crippen LogP contribution in [-0.4, -0.2) is 20.3 Å². The molecule has 1 rings (SSSR count). The van der Waals surface area contributed by atoms with Gasteiger partial charge in [0.15, 0.2) is 11.5 Å². The van der Waals surface area contributed by atoms with Crippen molar-refractivity contribution in [3.8, 4) is 11.5 Å². The van der Waals surface area contributed by atoms with Crippen molar-refractivity contribution in [1.82, 2.24) is 5.32 Å². The number of unbranched alkanes of at least 4 members (excludes halogenated alkanes) is 2. The van der Waals surface area contributed by atoms with Gasteiger partial charge in [0, 0.05) is 16.6 Å². The van der Waals surface area contributed by atoms with Gasteiger partial charge in [0.2, 0.25) is 0 Å². The van der Waals surface area contributed by atoms with Gasteiger partial charge in [-0.1, -0.05) is 35.7 Å². The third-order valence-corrected chi connectivity index (χ3v) is 3.34. The van der Waals surface area contributed by atoms with Gasteiger partial charge in [0.25, 0.3) is 0 Å². The van der Waals surface area contributed by atoms with Crippen molar-refractivity contribution < 1.29 is 9.47 Å². The van der Waals surface area contributed by atoms with E-state index in [4.69, 9.17) is 9.47 Å². The average Bonchev–Trinajstić information content (AvgIpc) is 2.41. The monoisotopic (exact) mass is 365 g/mol. The Morgan fingerprint density at radius 3 is 2.55 bits per heavy atom. The first-order valence-corrected chi connectivity index (χ1v) is 7.72. The molecule has 0 spiro atoms. The Morgan fingerprint density at radius 2 is 1.95 bits per heavy atom. The van der Waals surface area contributed by atoms with Crippen molar-refractivity contribution in [2.45, 2.75) is 39.7 Å². The van der Waals surface area contributed by atoms with E-state index < -0.39 is 0 Å². The summed E-state index contributed by atoms with van der Waals surface area (Å²) in [4.78, 5) is 0. The zero-order chi connectivity index (χ0) is 14.1. The molecule has 116 valence electrons. The molecule has 0 unspecified atom stereocenters. The minimum Gasteiger partial charge on any atom is -0.493 e. The molecule has 1 aromatic rings. The summed E-state index contributed by atoms with van der Waals surface area (Å²) in [7, 11) is 1.67. The highest BCUT2D eigenvalue weighted by Gasteiger charge is 2.11. The van der Waals surface area contributed by atoms with Crippen molar-refractivity contribution in [1.29, 1.82) is 0 Å². The molecule has 0 heterocycles. The smallest absolute Gasteiger partial charge is 0.165 e. The Balaban J connectivity index is 0.00000361. The summed E-state index contributed by atoms with van der Waals surface area (Å²) in [5.41, 5.74) is 1.13. The van der Waals surface area contributed by atoms with Crippen LogP contribution in [0.2, 0.25) is 0 Å². The summed E-state index contributed by atoms with van der Waals surface area (Å²) in [6.07, 6.45) is 3.73. The van der Waals surface area contributed by atoms with Gasteiger partial charge in [-0.2, -0.15) is 0 Å². The zero-order valence-electron chi connectivity index (χ0n) is 12.5. The number of hydrogen-bond donors (Lipinski definition) is 1. The molecule has 0 bridgehead atoms. The molecule has 0 amide bonds. The number of hydrogen-bond acceptors (Lipinski definition) is 3. The maximum Gasteiger partial charge on any atom is 0.165 e. The van der Waals surface area contributed by atoms with E-state index in [1.807, 2.05) is 13.0 Å². The van der Waals surface area contributed by atoms with Crippen LogP contribution in [0.25, 0.3) is 0 Å². The van der Waals surface area contributed by atoms with Crippen molar-refractivity contribution in [3.05, 3.63) is 22.2 Å². The van der Waals surface area contributed by atoms with E-state index in [0.717, 1.165) is 34.6 Å². The summed E-state index contributed by atoms with van der Waals surface area (Å²) < 4.78 is 12.1. The van der Waals surface area contributed by atoms with Crippen molar-refractivity contribution in [2.75, 3.05) is 20.3 Å². The summed E-state index contributed by atoms with van der Waals surface area (Å²) in [6, 6.07) is 4.02. The number of benzene rings is 1. The second-order valence-corrected chi connectivity index (χ2v) is 5.33. The van der Waals surface area contributed by atoms with Gasteiger partial charge >= 0.3 is 0 Å². The van der Waals surface area contributed by atoms with Crippen LogP contribution < -0.4 is 14.8 Å². The quantitative estimate of drug-likeness (QED) is 0.650. The van der Waals surface area contributed by atoms with E-state index in [1.54, 1.807) is 7.11 Å². The van der Waals surface area contributed by atoms with E-state index in [1.165, 1.54) is 19.3 Å². The maximum absolute atomic E-state index is 5.71. The lowest BCUT2D eigenvalue weighted by Crippen LogP contribution is -2.15. The normalized spacial score (nSPS) is 10.0. The number of ether oxygens (including phenoxy) is 2. The maximum atomic E-state index is 5.71. The van der Waals surface area contributed by atoms with Crippen LogP contribution >= 0.6 is 28.3 Å². The Morgan fingerprint density at radius 1 is 1.20 bits per heavy atom. The summed E-state index contributed by atoms with van der Waals surface area (Å²) in [5.74, 6) is 1.62. The van der Waals surface area contributed by atoms with Crippen molar-refractivity contribution >= 4 is 28.3 Å². The molecular weight excluding hydrogens is 342 g/mol. The van der Waals surface area contributed by atoms with Crippen LogP contribution in [0.3, 0.4) is 0 Å². The molecule has 0 saturated carbocycles. The van der Waals surface area contributed by atoms with Gasteiger partial charge in [-0.25, -0.2) is 0 Å². The lowest BCUT2D eigenvalue weighted by atomic mass is 10.1. The summed E-state index contributed by atoms with van der Waals surface area (Å²) >= 11 is 3.51. The molecule has 0 saturated heterocycles. The number of halogens is 2. The van der Waals surface area contributed by atoms with Crippen molar-refractivity contribution in [2.24, 2.45) is 0 Å².